The van der Waals surface area contributed by atoms with Gasteiger partial charge in [0.15, 0.2) is 0 Å². The van der Waals surface area contributed by atoms with Gasteiger partial charge < -0.3 is 14.6 Å². The van der Waals surface area contributed by atoms with E-state index in [0.717, 1.165) is 50.3 Å². The molecular formula is C24H33N3O3. The second kappa shape index (κ2) is 9.65. The van der Waals surface area contributed by atoms with Gasteiger partial charge in [0.05, 0.1) is 12.8 Å². The maximum absolute atomic E-state index is 12.7. The van der Waals surface area contributed by atoms with Crippen molar-refractivity contribution in [2.75, 3.05) is 20.2 Å². The number of benzene rings is 1. The number of methoxy groups -OCH3 is 1. The van der Waals surface area contributed by atoms with Crippen LogP contribution in [0.2, 0.25) is 0 Å². The Balaban J connectivity index is 1.36. The Morgan fingerprint density at radius 1 is 1.23 bits per heavy atom. The predicted molar refractivity (Wildman–Crippen MR) is 116 cm³/mol. The summed E-state index contributed by atoms with van der Waals surface area (Å²) in [4.78, 5) is 15.1. The van der Waals surface area contributed by atoms with E-state index in [1.54, 1.807) is 7.11 Å². The lowest BCUT2D eigenvalue weighted by Crippen LogP contribution is -2.40. The van der Waals surface area contributed by atoms with Crippen LogP contribution in [0.3, 0.4) is 0 Å². The Hall–Kier alpha value is -2.34. The van der Waals surface area contributed by atoms with E-state index in [0.29, 0.717) is 17.6 Å². The topological polar surface area (TPSA) is 67.6 Å². The number of hydrogen-bond donors (Lipinski definition) is 1. The largest absolute Gasteiger partial charge is 0.497 e. The van der Waals surface area contributed by atoms with Crippen LogP contribution in [0, 0.1) is 5.92 Å². The third-order valence-electron chi connectivity index (χ3n) is 6.64. The van der Waals surface area contributed by atoms with Gasteiger partial charge in [-0.1, -0.05) is 37.1 Å². The van der Waals surface area contributed by atoms with Crippen LogP contribution in [0.5, 0.6) is 5.75 Å². The van der Waals surface area contributed by atoms with Crippen molar-refractivity contribution in [3.63, 3.8) is 0 Å². The molecule has 3 atom stereocenters. The molecule has 0 spiro atoms. The lowest BCUT2D eigenvalue weighted by atomic mass is 9.86. The number of carbonyl (C=O) groups excluding carboxylic acids is 1. The van der Waals surface area contributed by atoms with Crippen molar-refractivity contribution in [3.8, 4) is 5.75 Å². The summed E-state index contributed by atoms with van der Waals surface area (Å²) in [5.74, 6) is 1.92. The number of nitrogens with zero attached hydrogens (tertiary/aromatic N) is 2. The fourth-order valence-electron chi connectivity index (χ4n) is 4.83. The molecule has 1 aromatic carbocycles. The summed E-state index contributed by atoms with van der Waals surface area (Å²) in [6.45, 7) is 5.09. The minimum atomic E-state index is -0.128. The standard InChI is InChI=1S/C24H33N3O3/c1-17-7-3-4-11-21(17)25-24(28)23-14-22(26-30-23)19-9-6-12-27(16-19)15-18-8-5-10-20(13-18)29-2/h5,8,10,13-14,17,19,21H,3-4,6-7,9,11-12,15-16H2,1-2H3,(H,25,28)/t17-,19+,21-/m1/s1. The summed E-state index contributed by atoms with van der Waals surface area (Å²) in [6, 6.07) is 10.3. The van der Waals surface area contributed by atoms with Gasteiger partial charge in [-0.15, -0.1) is 0 Å². The molecule has 1 aromatic heterocycles. The molecule has 2 fully saturated rings. The summed E-state index contributed by atoms with van der Waals surface area (Å²) >= 11 is 0. The fourth-order valence-corrected chi connectivity index (χ4v) is 4.83. The molecule has 162 valence electrons. The number of aromatic nitrogens is 1. The molecular weight excluding hydrogens is 378 g/mol. The molecule has 2 aromatic rings. The van der Waals surface area contributed by atoms with E-state index in [1.165, 1.54) is 24.8 Å². The highest BCUT2D eigenvalue weighted by Gasteiger charge is 2.28. The van der Waals surface area contributed by atoms with E-state index < -0.39 is 0 Å². The minimum Gasteiger partial charge on any atom is -0.497 e. The van der Waals surface area contributed by atoms with Gasteiger partial charge in [0, 0.05) is 31.1 Å². The Morgan fingerprint density at radius 2 is 2.10 bits per heavy atom. The highest BCUT2D eigenvalue weighted by atomic mass is 16.5. The first-order valence-electron chi connectivity index (χ1n) is 11.2. The Kier molecular flexibility index (Phi) is 6.72. The molecule has 6 nitrogen and oxygen atoms in total. The molecule has 6 heteroatoms. The lowest BCUT2D eigenvalue weighted by Gasteiger charge is -2.31. The molecule has 1 saturated heterocycles. The average molecular weight is 412 g/mol. The normalized spacial score (nSPS) is 25.1. The maximum atomic E-state index is 12.7. The van der Waals surface area contributed by atoms with Crippen LogP contribution >= 0.6 is 0 Å². The zero-order valence-electron chi connectivity index (χ0n) is 18.1. The summed E-state index contributed by atoms with van der Waals surface area (Å²) in [5.41, 5.74) is 2.14. The van der Waals surface area contributed by atoms with Gasteiger partial charge in [-0.25, -0.2) is 0 Å². The van der Waals surface area contributed by atoms with Crippen LogP contribution in [0.25, 0.3) is 0 Å². The van der Waals surface area contributed by atoms with Crippen LogP contribution in [-0.4, -0.2) is 42.2 Å². The monoisotopic (exact) mass is 411 g/mol. The van der Waals surface area contributed by atoms with Gasteiger partial charge in [0.1, 0.15) is 5.75 Å². The Labute approximate surface area is 179 Å². The Morgan fingerprint density at radius 3 is 2.93 bits per heavy atom. The second-order valence-corrected chi connectivity index (χ2v) is 8.88. The number of nitrogens with one attached hydrogen (secondary N) is 1. The van der Waals surface area contributed by atoms with E-state index in [9.17, 15) is 4.79 Å². The van der Waals surface area contributed by atoms with Crippen molar-refractivity contribution >= 4 is 5.91 Å². The van der Waals surface area contributed by atoms with Gasteiger partial charge in [-0.2, -0.15) is 0 Å². The molecule has 30 heavy (non-hydrogen) atoms. The van der Waals surface area contributed by atoms with E-state index >= 15 is 0 Å². The van der Waals surface area contributed by atoms with Gasteiger partial charge in [-0.05, 0) is 55.8 Å². The van der Waals surface area contributed by atoms with E-state index in [4.69, 9.17) is 9.26 Å². The number of ether oxygens (including phenoxy) is 1. The number of rotatable bonds is 6. The fraction of sp³-hybridized carbons (Fsp3) is 0.583. The molecule has 1 amide bonds. The Bertz CT molecular complexity index is 850. The summed E-state index contributed by atoms with van der Waals surface area (Å²) in [6.07, 6.45) is 6.86. The molecule has 1 aliphatic carbocycles. The number of amides is 1. The molecule has 0 radical (unpaired) electrons. The first-order valence-corrected chi connectivity index (χ1v) is 11.2. The second-order valence-electron chi connectivity index (χ2n) is 8.88. The number of carbonyl (C=O) groups is 1. The van der Waals surface area contributed by atoms with Gasteiger partial charge in [0.2, 0.25) is 5.76 Å². The summed E-state index contributed by atoms with van der Waals surface area (Å²) in [7, 11) is 1.70. The van der Waals surface area contributed by atoms with Crippen molar-refractivity contribution in [3.05, 3.63) is 47.3 Å². The summed E-state index contributed by atoms with van der Waals surface area (Å²) in [5, 5.41) is 7.42. The molecule has 2 aliphatic rings. The molecule has 0 unspecified atom stereocenters. The van der Waals surface area contributed by atoms with Crippen molar-refractivity contribution < 1.29 is 14.1 Å². The molecule has 2 heterocycles. The van der Waals surface area contributed by atoms with Crippen LogP contribution in [0.15, 0.2) is 34.9 Å². The average Bonchev–Trinajstić information content (AvgIpc) is 3.26. The van der Waals surface area contributed by atoms with Crippen LogP contribution in [0.1, 0.15) is 73.2 Å². The molecule has 1 aliphatic heterocycles. The van der Waals surface area contributed by atoms with Crippen molar-refractivity contribution in [1.29, 1.82) is 0 Å². The SMILES string of the molecule is COc1cccc(CN2CCC[C@H](c3cc(C(=O)N[C@@H]4CCCC[C@H]4C)on3)C2)c1. The zero-order chi connectivity index (χ0) is 20.9. The number of likely N-dealkylation sites (tertiary alicyclic amines) is 1. The number of hydrogen-bond acceptors (Lipinski definition) is 5. The van der Waals surface area contributed by atoms with E-state index in [1.807, 2.05) is 18.2 Å². The van der Waals surface area contributed by atoms with Crippen molar-refractivity contribution in [2.45, 2.75) is 64.0 Å². The summed E-state index contributed by atoms with van der Waals surface area (Å²) < 4.78 is 10.8. The van der Waals surface area contributed by atoms with Crippen LogP contribution in [-0.2, 0) is 6.54 Å². The third kappa shape index (κ3) is 5.04. The number of piperidine rings is 1. The zero-order valence-corrected chi connectivity index (χ0v) is 18.1. The first-order chi connectivity index (χ1) is 14.6. The third-order valence-corrected chi connectivity index (χ3v) is 6.64. The molecule has 1 N–H and O–H groups in total. The highest BCUT2D eigenvalue weighted by molar-refractivity contribution is 5.91. The molecule has 0 bridgehead atoms. The van der Waals surface area contributed by atoms with Gasteiger partial charge in [-0.3, -0.25) is 9.69 Å². The van der Waals surface area contributed by atoms with Crippen LogP contribution in [0.4, 0.5) is 0 Å². The van der Waals surface area contributed by atoms with E-state index in [2.05, 4.69) is 34.4 Å². The lowest BCUT2D eigenvalue weighted by molar-refractivity contribution is 0.0872. The van der Waals surface area contributed by atoms with Crippen LogP contribution < -0.4 is 10.1 Å². The maximum Gasteiger partial charge on any atom is 0.290 e. The molecule has 1 saturated carbocycles. The highest BCUT2D eigenvalue weighted by Crippen LogP contribution is 2.28. The van der Waals surface area contributed by atoms with E-state index in [-0.39, 0.29) is 11.9 Å². The predicted octanol–water partition coefficient (Wildman–Crippen LogP) is 4.37. The van der Waals surface area contributed by atoms with Crippen molar-refractivity contribution in [1.82, 2.24) is 15.4 Å². The van der Waals surface area contributed by atoms with Crippen molar-refractivity contribution in [2.24, 2.45) is 5.92 Å². The molecule has 4 rings (SSSR count). The minimum absolute atomic E-state index is 0.128. The first kappa shape index (κ1) is 20.9. The van der Waals surface area contributed by atoms with Gasteiger partial charge >= 0.3 is 0 Å². The van der Waals surface area contributed by atoms with Gasteiger partial charge in [0.25, 0.3) is 5.91 Å². The smallest absolute Gasteiger partial charge is 0.290 e. The quantitative estimate of drug-likeness (QED) is 0.764.